The van der Waals surface area contributed by atoms with Crippen molar-refractivity contribution in [3.63, 3.8) is 0 Å². The third-order valence-electron chi connectivity index (χ3n) is 6.04. The Labute approximate surface area is 207 Å². The summed E-state index contributed by atoms with van der Waals surface area (Å²) in [6, 6.07) is 13.8. The molecule has 0 unspecified atom stereocenters. The van der Waals surface area contributed by atoms with E-state index in [1.165, 1.54) is 11.2 Å². The molecular formula is C25H33N3O6S. The van der Waals surface area contributed by atoms with E-state index in [9.17, 15) is 18.0 Å². The second-order valence-corrected chi connectivity index (χ2v) is 10.1. The number of amides is 1. The number of hydrogen-bond acceptors (Lipinski definition) is 7. The second kappa shape index (κ2) is 11.5. The van der Waals surface area contributed by atoms with E-state index in [0.29, 0.717) is 56.3 Å². The highest BCUT2D eigenvalue weighted by Gasteiger charge is 2.32. The zero-order valence-corrected chi connectivity index (χ0v) is 21.5. The molecule has 1 saturated heterocycles. The molecule has 1 amide bonds. The zero-order chi connectivity index (χ0) is 25.6. The van der Waals surface area contributed by atoms with Crippen LogP contribution in [-0.2, 0) is 24.3 Å². The number of carbonyl (C=O) groups excluding carboxylic acids is 2. The maximum Gasteiger partial charge on any atom is 0.303 e. The predicted octanol–water partition coefficient (Wildman–Crippen LogP) is 2.68. The van der Waals surface area contributed by atoms with E-state index in [1.54, 1.807) is 68.3 Å². The summed E-state index contributed by atoms with van der Waals surface area (Å²) < 4.78 is 38.4. The molecule has 0 bridgehead atoms. The first-order chi connectivity index (χ1) is 16.7. The number of piperazine rings is 1. The van der Waals surface area contributed by atoms with Crippen molar-refractivity contribution in [2.75, 3.05) is 51.3 Å². The number of sulfonamides is 1. The highest BCUT2D eigenvalue weighted by molar-refractivity contribution is 7.89. The third kappa shape index (κ3) is 5.94. The fourth-order valence-electron chi connectivity index (χ4n) is 4.18. The van der Waals surface area contributed by atoms with Crippen molar-refractivity contribution in [1.29, 1.82) is 0 Å². The number of rotatable bonds is 9. The minimum atomic E-state index is -3.63. The third-order valence-corrected chi connectivity index (χ3v) is 8.08. The van der Waals surface area contributed by atoms with Crippen molar-refractivity contribution >= 4 is 27.6 Å². The van der Waals surface area contributed by atoms with Gasteiger partial charge in [0.25, 0.3) is 5.91 Å². The van der Waals surface area contributed by atoms with Crippen LogP contribution in [0.5, 0.6) is 5.75 Å². The Morgan fingerprint density at radius 3 is 2.17 bits per heavy atom. The van der Waals surface area contributed by atoms with Crippen LogP contribution in [0.2, 0.25) is 0 Å². The first-order valence-electron chi connectivity index (χ1n) is 11.7. The minimum Gasteiger partial charge on any atom is -0.495 e. The first kappa shape index (κ1) is 26.5. The molecule has 2 aromatic carbocycles. The van der Waals surface area contributed by atoms with Crippen LogP contribution in [0.4, 0.5) is 5.69 Å². The summed E-state index contributed by atoms with van der Waals surface area (Å²) in [4.78, 5) is 28.8. The van der Waals surface area contributed by atoms with Gasteiger partial charge in [-0.25, -0.2) is 8.42 Å². The molecular weight excluding hydrogens is 470 g/mol. The van der Waals surface area contributed by atoms with Gasteiger partial charge in [-0.3, -0.25) is 9.59 Å². The minimum absolute atomic E-state index is 0.203. The maximum absolute atomic E-state index is 13.2. The number of ether oxygens (including phenoxy) is 2. The molecule has 0 N–H and O–H groups in total. The van der Waals surface area contributed by atoms with Gasteiger partial charge in [0.15, 0.2) is 0 Å². The summed E-state index contributed by atoms with van der Waals surface area (Å²) in [6.45, 7) is 7.38. The Bertz CT molecular complexity index is 1130. The van der Waals surface area contributed by atoms with Crippen molar-refractivity contribution in [2.24, 2.45) is 0 Å². The smallest absolute Gasteiger partial charge is 0.303 e. The summed E-state index contributed by atoms with van der Waals surface area (Å²) >= 11 is 0. The fraction of sp³-hybridized carbons (Fsp3) is 0.440. The summed E-state index contributed by atoms with van der Waals surface area (Å²) in [7, 11) is -2.08. The lowest BCUT2D eigenvalue weighted by molar-refractivity contribution is -0.159. The standard InChI is InChI=1S/C25H33N3O6S/c1-5-28(6-2)35(31,32)21-12-13-23(33-4)22(18-21)26-14-16-27(17-15-26)25(30)24(34-19(3)29)20-10-8-7-9-11-20/h7-13,18,24H,5-6,14-17H2,1-4H3/t24-/m1/s1. The van der Waals surface area contributed by atoms with Gasteiger partial charge in [-0.15, -0.1) is 0 Å². The Hall–Kier alpha value is -3.11. The van der Waals surface area contributed by atoms with Crippen LogP contribution in [0.1, 0.15) is 32.4 Å². The number of hydrogen-bond donors (Lipinski definition) is 0. The quantitative estimate of drug-likeness (QED) is 0.486. The molecule has 1 aliphatic heterocycles. The summed E-state index contributed by atoms with van der Waals surface area (Å²) in [5, 5.41) is 0. The van der Waals surface area contributed by atoms with Gasteiger partial charge >= 0.3 is 5.97 Å². The average Bonchev–Trinajstić information content (AvgIpc) is 2.87. The van der Waals surface area contributed by atoms with Crippen LogP contribution in [-0.4, -0.2) is 75.9 Å². The van der Waals surface area contributed by atoms with Gasteiger partial charge in [0.2, 0.25) is 16.1 Å². The van der Waals surface area contributed by atoms with Crippen LogP contribution < -0.4 is 9.64 Å². The summed E-state index contributed by atoms with van der Waals surface area (Å²) in [5.41, 5.74) is 1.28. The summed E-state index contributed by atoms with van der Waals surface area (Å²) in [5.74, 6) is -0.247. The van der Waals surface area contributed by atoms with E-state index in [1.807, 2.05) is 11.0 Å². The Kier molecular flexibility index (Phi) is 8.74. The highest BCUT2D eigenvalue weighted by Crippen LogP contribution is 2.33. The number of esters is 1. The van der Waals surface area contributed by atoms with Crippen molar-refractivity contribution < 1.29 is 27.5 Å². The van der Waals surface area contributed by atoms with E-state index >= 15 is 0 Å². The Morgan fingerprint density at radius 1 is 1.00 bits per heavy atom. The topological polar surface area (TPSA) is 96.5 Å². The van der Waals surface area contributed by atoms with Gasteiger partial charge in [-0.05, 0) is 18.2 Å². The molecule has 1 atom stereocenters. The van der Waals surface area contributed by atoms with E-state index < -0.39 is 22.1 Å². The first-order valence-corrected chi connectivity index (χ1v) is 13.1. The molecule has 0 aliphatic carbocycles. The normalized spacial score (nSPS) is 15.1. The predicted molar refractivity (Wildman–Crippen MR) is 133 cm³/mol. The number of methoxy groups -OCH3 is 1. The Morgan fingerprint density at radius 2 is 1.63 bits per heavy atom. The van der Waals surface area contributed by atoms with Crippen LogP contribution in [0, 0.1) is 0 Å². The van der Waals surface area contributed by atoms with Gasteiger partial charge < -0.3 is 19.3 Å². The number of carbonyl (C=O) groups is 2. The largest absolute Gasteiger partial charge is 0.495 e. The van der Waals surface area contributed by atoms with Gasteiger partial charge in [0.05, 0.1) is 17.7 Å². The maximum atomic E-state index is 13.2. The van der Waals surface area contributed by atoms with E-state index in [2.05, 4.69) is 0 Å². The van der Waals surface area contributed by atoms with Crippen molar-refractivity contribution in [3.8, 4) is 5.75 Å². The van der Waals surface area contributed by atoms with E-state index in [-0.39, 0.29) is 10.8 Å². The van der Waals surface area contributed by atoms with E-state index in [4.69, 9.17) is 9.47 Å². The SMILES string of the molecule is CCN(CC)S(=O)(=O)c1ccc(OC)c(N2CCN(C(=O)[C@H](OC(C)=O)c3ccccc3)CC2)c1. The average molecular weight is 504 g/mol. The van der Waals surface area contributed by atoms with Crippen LogP contribution >= 0.6 is 0 Å². The molecule has 2 aromatic rings. The van der Waals surface area contributed by atoms with Gasteiger partial charge in [0.1, 0.15) is 5.75 Å². The number of benzene rings is 2. The number of nitrogens with zero attached hydrogens (tertiary/aromatic N) is 3. The molecule has 3 rings (SSSR count). The van der Waals surface area contributed by atoms with Crippen molar-refractivity contribution in [1.82, 2.24) is 9.21 Å². The molecule has 190 valence electrons. The Balaban J connectivity index is 1.80. The fourth-order valence-corrected chi connectivity index (χ4v) is 5.66. The molecule has 1 heterocycles. The zero-order valence-electron chi connectivity index (χ0n) is 20.6. The molecule has 1 fully saturated rings. The van der Waals surface area contributed by atoms with Gasteiger partial charge in [-0.2, -0.15) is 4.31 Å². The molecule has 35 heavy (non-hydrogen) atoms. The lowest BCUT2D eigenvalue weighted by Gasteiger charge is -2.38. The monoisotopic (exact) mass is 503 g/mol. The van der Waals surface area contributed by atoms with Crippen molar-refractivity contribution in [3.05, 3.63) is 54.1 Å². The van der Waals surface area contributed by atoms with Gasteiger partial charge in [-0.1, -0.05) is 44.2 Å². The van der Waals surface area contributed by atoms with Crippen LogP contribution in [0.25, 0.3) is 0 Å². The van der Waals surface area contributed by atoms with Crippen molar-refractivity contribution in [2.45, 2.75) is 31.8 Å². The molecule has 9 nitrogen and oxygen atoms in total. The van der Waals surface area contributed by atoms with Crippen LogP contribution in [0.3, 0.4) is 0 Å². The lowest BCUT2D eigenvalue weighted by atomic mass is 10.1. The highest BCUT2D eigenvalue weighted by atomic mass is 32.2. The summed E-state index contributed by atoms with van der Waals surface area (Å²) in [6.07, 6.45) is -1.00. The molecule has 0 spiro atoms. The molecule has 0 aromatic heterocycles. The number of anilines is 1. The molecule has 1 aliphatic rings. The van der Waals surface area contributed by atoms with E-state index in [0.717, 1.165) is 0 Å². The van der Waals surface area contributed by atoms with Gasteiger partial charge in [0, 0.05) is 51.8 Å². The molecule has 10 heteroatoms. The lowest BCUT2D eigenvalue weighted by Crippen LogP contribution is -2.50. The molecule has 0 saturated carbocycles. The molecule has 0 radical (unpaired) electrons. The second-order valence-electron chi connectivity index (χ2n) is 8.14. The van der Waals surface area contributed by atoms with Crippen LogP contribution in [0.15, 0.2) is 53.4 Å².